The van der Waals surface area contributed by atoms with Crippen LogP contribution < -0.4 is 0 Å². The molecule has 0 aliphatic carbocycles. The zero-order valence-corrected chi connectivity index (χ0v) is 12.6. The van der Waals surface area contributed by atoms with E-state index < -0.39 is 5.97 Å². The highest BCUT2D eigenvalue weighted by Crippen LogP contribution is 2.22. The number of carboxylic acids is 1. The minimum atomic E-state index is -0.727. The van der Waals surface area contributed by atoms with Crippen LogP contribution in [0, 0.1) is 5.92 Å². The summed E-state index contributed by atoms with van der Waals surface area (Å²) < 4.78 is 0. The Labute approximate surface area is 119 Å². The second-order valence-electron chi connectivity index (χ2n) is 5.06. The Morgan fingerprint density at radius 1 is 1.37 bits per heavy atom. The van der Waals surface area contributed by atoms with E-state index in [0.717, 1.165) is 44.6 Å². The number of carbonyl (C=O) groups excluding carboxylic acids is 1. The van der Waals surface area contributed by atoms with Gasteiger partial charge in [0.25, 0.3) is 0 Å². The minimum Gasteiger partial charge on any atom is -0.481 e. The lowest BCUT2D eigenvalue weighted by Gasteiger charge is -2.34. The first-order valence-corrected chi connectivity index (χ1v) is 8.14. The molecule has 1 fully saturated rings. The van der Waals surface area contributed by atoms with E-state index in [9.17, 15) is 9.59 Å². The molecule has 6 heteroatoms. The van der Waals surface area contributed by atoms with Crippen LogP contribution in [-0.2, 0) is 4.79 Å². The van der Waals surface area contributed by atoms with Crippen molar-refractivity contribution in [3.63, 3.8) is 0 Å². The van der Waals surface area contributed by atoms with Crippen LogP contribution in [0.5, 0.6) is 0 Å². The predicted molar refractivity (Wildman–Crippen MR) is 77.6 cm³/mol. The third-order valence-electron chi connectivity index (χ3n) is 3.61. The van der Waals surface area contributed by atoms with E-state index in [2.05, 4.69) is 0 Å². The number of thioether (sulfide) groups is 1. The van der Waals surface area contributed by atoms with Crippen molar-refractivity contribution >= 4 is 23.8 Å². The molecule has 1 aliphatic heterocycles. The monoisotopic (exact) mass is 288 g/mol. The fourth-order valence-corrected chi connectivity index (χ4v) is 2.76. The maximum Gasteiger partial charge on any atom is 0.319 e. The molecular weight excluding hydrogens is 264 g/mol. The lowest BCUT2D eigenvalue weighted by Crippen LogP contribution is -2.45. The van der Waals surface area contributed by atoms with Crippen LogP contribution in [0.4, 0.5) is 4.79 Å². The molecule has 1 aliphatic rings. The average Bonchev–Trinajstić information content (AvgIpc) is 2.42. The van der Waals surface area contributed by atoms with Gasteiger partial charge in [0, 0.05) is 38.9 Å². The summed E-state index contributed by atoms with van der Waals surface area (Å²) in [5.41, 5.74) is 0. The molecule has 0 saturated carbocycles. The summed E-state index contributed by atoms with van der Waals surface area (Å²) in [6.07, 6.45) is 4.86. The van der Waals surface area contributed by atoms with Gasteiger partial charge >= 0.3 is 12.0 Å². The molecule has 1 heterocycles. The molecule has 1 N–H and O–H groups in total. The largest absolute Gasteiger partial charge is 0.481 e. The van der Waals surface area contributed by atoms with Crippen molar-refractivity contribution in [3.05, 3.63) is 0 Å². The summed E-state index contributed by atoms with van der Waals surface area (Å²) in [6, 6.07) is 0.103. The average molecular weight is 288 g/mol. The van der Waals surface area contributed by atoms with E-state index in [-0.39, 0.29) is 12.5 Å². The molecular formula is C13H24N2O3S. The molecule has 0 aromatic heterocycles. The SMILES string of the molecule is CSCCN(C)C(=O)N1CCC(CCC(=O)O)CC1. The molecule has 0 aromatic rings. The molecule has 0 bridgehead atoms. The van der Waals surface area contributed by atoms with Gasteiger partial charge in [-0.3, -0.25) is 4.79 Å². The van der Waals surface area contributed by atoms with Gasteiger partial charge in [0.1, 0.15) is 0 Å². The number of urea groups is 1. The third-order valence-corrected chi connectivity index (χ3v) is 4.20. The van der Waals surface area contributed by atoms with Crippen LogP contribution in [-0.4, -0.2) is 65.6 Å². The van der Waals surface area contributed by atoms with Gasteiger partial charge in [-0.15, -0.1) is 0 Å². The second kappa shape index (κ2) is 8.30. The Morgan fingerprint density at radius 3 is 2.53 bits per heavy atom. The van der Waals surface area contributed by atoms with Crippen molar-refractivity contribution in [2.24, 2.45) is 5.92 Å². The highest BCUT2D eigenvalue weighted by atomic mass is 32.2. The minimum absolute atomic E-state index is 0.103. The number of amides is 2. The number of aliphatic carboxylic acids is 1. The van der Waals surface area contributed by atoms with E-state index in [0.29, 0.717) is 5.92 Å². The summed E-state index contributed by atoms with van der Waals surface area (Å²) in [5.74, 6) is 0.684. The third kappa shape index (κ3) is 5.72. The zero-order valence-electron chi connectivity index (χ0n) is 11.8. The van der Waals surface area contributed by atoms with Crippen molar-refractivity contribution < 1.29 is 14.7 Å². The van der Waals surface area contributed by atoms with Gasteiger partial charge in [0.15, 0.2) is 0 Å². The number of hydrogen-bond acceptors (Lipinski definition) is 3. The van der Waals surface area contributed by atoms with Crippen LogP contribution >= 0.6 is 11.8 Å². The van der Waals surface area contributed by atoms with Crippen molar-refractivity contribution in [1.82, 2.24) is 9.80 Å². The van der Waals surface area contributed by atoms with Crippen molar-refractivity contribution in [2.75, 3.05) is 38.7 Å². The van der Waals surface area contributed by atoms with E-state index in [1.54, 1.807) is 16.7 Å². The van der Waals surface area contributed by atoms with Gasteiger partial charge in [-0.1, -0.05) is 0 Å². The van der Waals surface area contributed by atoms with Crippen molar-refractivity contribution in [3.8, 4) is 0 Å². The first-order chi connectivity index (χ1) is 9.04. The van der Waals surface area contributed by atoms with Gasteiger partial charge in [0.05, 0.1) is 0 Å². The van der Waals surface area contributed by atoms with E-state index in [1.165, 1.54) is 0 Å². The zero-order chi connectivity index (χ0) is 14.3. The van der Waals surface area contributed by atoms with Crippen molar-refractivity contribution in [1.29, 1.82) is 0 Å². The number of hydrogen-bond donors (Lipinski definition) is 1. The lowest BCUT2D eigenvalue weighted by atomic mass is 9.92. The summed E-state index contributed by atoms with van der Waals surface area (Å²) in [5, 5.41) is 8.67. The summed E-state index contributed by atoms with van der Waals surface area (Å²) in [7, 11) is 1.84. The number of carbonyl (C=O) groups is 2. The molecule has 5 nitrogen and oxygen atoms in total. The fraction of sp³-hybridized carbons (Fsp3) is 0.846. The second-order valence-corrected chi connectivity index (χ2v) is 6.05. The Hall–Kier alpha value is -0.910. The fourth-order valence-electron chi connectivity index (χ4n) is 2.31. The van der Waals surface area contributed by atoms with Crippen LogP contribution in [0.3, 0.4) is 0 Å². The van der Waals surface area contributed by atoms with Crippen LogP contribution in [0.1, 0.15) is 25.7 Å². The number of likely N-dealkylation sites (tertiary alicyclic amines) is 1. The van der Waals surface area contributed by atoms with Gasteiger partial charge in [-0.2, -0.15) is 11.8 Å². The quantitative estimate of drug-likeness (QED) is 0.812. The predicted octanol–water partition coefficient (Wildman–Crippen LogP) is 1.98. The summed E-state index contributed by atoms with van der Waals surface area (Å²) in [4.78, 5) is 26.3. The molecule has 1 saturated heterocycles. The Morgan fingerprint density at radius 2 is 2.00 bits per heavy atom. The standard InChI is InChI=1S/C13H24N2O3S/c1-14(9-10-19-2)13(18)15-7-5-11(6-8-15)3-4-12(16)17/h11H,3-10H2,1-2H3,(H,16,17). The maximum absolute atomic E-state index is 12.1. The topological polar surface area (TPSA) is 60.9 Å². The first-order valence-electron chi connectivity index (χ1n) is 6.75. The van der Waals surface area contributed by atoms with Crippen LogP contribution in [0.2, 0.25) is 0 Å². The van der Waals surface area contributed by atoms with Gasteiger partial charge in [0.2, 0.25) is 0 Å². The van der Waals surface area contributed by atoms with Crippen LogP contribution in [0.15, 0.2) is 0 Å². The molecule has 0 radical (unpaired) electrons. The number of piperidine rings is 1. The van der Waals surface area contributed by atoms with Gasteiger partial charge in [-0.05, 0) is 31.4 Å². The number of carboxylic acid groups (broad SMARTS) is 1. The Balaban J connectivity index is 2.28. The Kier molecular flexibility index (Phi) is 7.05. The molecule has 110 valence electrons. The van der Waals surface area contributed by atoms with E-state index in [1.807, 2.05) is 18.2 Å². The van der Waals surface area contributed by atoms with E-state index in [4.69, 9.17) is 5.11 Å². The molecule has 19 heavy (non-hydrogen) atoms. The summed E-state index contributed by atoms with van der Waals surface area (Å²) >= 11 is 1.74. The molecule has 0 atom stereocenters. The summed E-state index contributed by atoms with van der Waals surface area (Å²) in [6.45, 7) is 2.29. The molecule has 1 rings (SSSR count). The lowest BCUT2D eigenvalue weighted by molar-refractivity contribution is -0.137. The normalized spacial score (nSPS) is 16.4. The van der Waals surface area contributed by atoms with Gasteiger partial charge in [-0.25, -0.2) is 4.79 Å². The smallest absolute Gasteiger partial charge is 0.319 e. The maximum atomic E-state index is 12.1. The number of rotatable bonds is 6. The van der Waals surface area contributed by atoms with E-state index >= 15 is 0 Å². The first kappa shape index (κ1) is 16.1. The molecule has 0 unspecified atom stereocenters. The molecule has 2 amide bonds. The number of nitrogens with zero attached hydrogens (tertiary/aromatic N) is 2. The van der Waals surface area contributed by atoms with Gasteiger partial charge < -0.3 is 14.9 Å². The Bertz CT molecular complexity index is 304. The van der Waals surface area contributed by atoms with Crippen LogP contribution in [0.25, 0.3) is 0 Å². The molecule has 0 aromatic carbocycles. The van der Waals surface area contributed by atoms with Crippen molar-refractivity contribution in [2.45, 2.75) is 25.7 Å². The highest BCUT2D eigenvalue weighted by molar-refractivity contribution is 7.98. The highest BCUT2D eigenvalue weighted by Gasteiger charge is 2.24. The molecule has 0 spiro atoms.